The summed E-state index contributed by atoms with van der Waals surface area (Å²) in [7, 11) is 0. The molecule has 0 radical (unpaired) electrons. The Labute approximate surface area is 219 Å². The van der Waals surface area contributed by atoms with Crippen LogP contribution in [-0.4, -0.2) is 41.1 Å². The molecule has 3 aliphatic rings. The number of carbonyl (C=O) groups is 2. The van der Waals surface area contributed by atoms with Crippen LogP contribution in [0, 0.1) is 17.8 Å². The summed E-state index contributed by atoms with van der Waals surface area (Å²) < 4.78 is 6.42. The number of phenolic OH excluding ortho intramolecular Hbond substituents is 1. The van der Waals surface area contributed by atoms with E-state index in [4.69, 9.17) is 4.74 Å². The number of imide groups is 1. The number of aromatic hydroxyl groups is 1. The monoisotopic (exact) mass is 499 g/mol. The Morgan fingerprint density at radius 3 is 2.46 bits per heavy atom. The average Bonchev–Trinajstić information content (AvgIpc) is 3.43. The highest BCUT2D eigenvalue weighted by atomic mass is 16.5. The van der Waals surface area contributed by atoms with E-state index in [0.29, 0.717) is 19.6 Å². The standard InChI is InChI=1S/C32H37NO4/c1-3-8-24-19-26-30(32(36)33(17-4-2)31(26)35)27-20-37-28(29(24)27)16-13-23(22-9-6-5-7-10-22)18-21-11-14-25(34)15-12-21/h5-7,9-12,14-15,18,26-28,30,34H,3-4,8,13,16-17,19-20H2,1-2H3/b23-18-/t26-,27+,28-,30-/m1/s1. The van der Waals surface area contributed by atoms with E-state index in [0.717, 1.165) is 37.7 Å². The second-order valence-electron chi connectivity index (χ2n) is 10.6. The zero-order chi connectivity index (χ0) is 25.9. The molecular formula is C32H37NO4. The van der Waals surface area contributed by atoms with E-state index in [1.807, 2.05) is 25.1 Å². The van der Waals surface area contributed by atoms with Crippen LogP contribution in [0.2, 0.25) is 0 Å². The number of likely N-dealkylation sites (tertiary alicyclic amines) is 1. The summed E-state index contributed by atoms with van der Waals surface area (Å²) in [5.41, 5.74) is 6.08. The number of ether oxygens (including phenoxy) is 1. The molecule has 0 saturated carbocycles. The number of phenols is 1. The van der Waals surface area contributed by atoms with E-state index in [2.05, 4.69) is 37.3 Å². The van der Waals surface area contributed by atoms with Crippen LogP contribution in [0.25, 0.3) is 11.6 Å². The third-order valence-electron chi connectivity index (χ3n) is 8.15. The SMILES string of the molecule is CCCC1=C2[C@@H](CC/C(=C/c3ccc(O)cc3)c3ccccc3)OC[C@@H]2[C@@H]2C(=O)N(CCC)C(=O)[C@@H]2C1. The van der Waals surface area contributed by atoms with E-state index < -0.39 is 0 Å². The topological polar surface area (TPSA) is 66.8 Å². The maximum atomic E-state index is 13.3. The molecule has 4 atom stereocenters. The maximum Gasteiger partial charge on any atom is 0.233 e. The van der Waals surface area contributed by atoms with Gasteiger partial charge in [0.2, 0.25) is 11.8 Å². The van der Waals surface area contributed by atoms with Crippen LogP contribution in [0.5, 0.6) is 5.75 Å². The van der Waals surface area contributed by atoms with E-state index in [1.165, 1.54) is 27.2 Å². The Balaban J connectivity index is 1.41. The minimum atomic E-state index is -0.263. The van der Waals surface area contributed by atoms with Gasteiger partial charge < -0.3 is 9.84 Å². The Morgan fingerprint density at radius 2 is 1.76 bits per heavy atom. The lowest BCUT2D eigenvalue weighted by Crippen LogP contribution is -2.34. The molecule has 1 aliphatic carbocycles. The summed E-state index contributed by atoms with van der Waals surface area (Å²) in [6.45, 7) is 5.23. The number of fused-ring (bicyclic) bond motifs is 3. The largest absolute Gasteiger partial charge is 0.508 e. The molecule has 5 heteroatoms. The van der Waals surface area contributed by atoms with Gasteiger partial charge in [-0.1, -0.05) is 74.4 Å². The lowest BCUT2D eigenvalue weighted by Gasteiger charge is -2.32. The summed E-state index contributed by atoms with van der Waals surface area (Å²) >= 11 is 0. The first kappa shape index (κ1) is 25.5. The maximum absolute atomic E-state index is 13.3. The number of amides is 2. The van der Waals surface area contributed by atoms with E-state index in [-0.39, 0.29) is 41.4 Å². The first-order valence-corrected chi connectivity index (χ1v) is 13.8. The molecular weight excluding hydrogens is 462 g/mol. The van der Waals surface area contributed by atoms with Gasteiger partial charge >= 0.3 is 0 Å². The first-order valence-electron chi connectivity index (χ1n) is 13.8. The van der Waals surface area contributed by atoms with Crippen molar-refractivity contribution in [1.29, 1.82) is 0 Å². The summed E-state index contributed by atoms with van der Waals surface area (Å²) in [6.07, 6.45) is 7.28. The molecule has 0 unspecified atom stereocenters. The highest BCUT2D eigenvalue weighted by Crippen LogP contribution is 2.50. The smallest absolute Gasteiger partial charge is 0.233 e. The summed E-state index contributed by atoms with van der Waals surface area (Å²) in [5, 5.41) is 9.69. The Hall–Kier alpha value is -3.18. The molecule has 5 rings (SSSR count). The normalized spacial score (nSPS) is 25.6. The Bertz CT molecular complexity index is 1200. The Kier molecular flexibility index (Phi) is 7.61. The molecule has 0 bridgehead atoms. The van der Waals surface area contributed by atoms with Crippen LogP contribution in [0.3, 0.4) is 0 Å². The fourth-order valence-electron chi connectivity index (χ4n) is 6.53. The van der Waals surface area contributed by atoms with E-state index >= 15 is 0 Å². The molecule has 37 heavy (non-hydrogen) atoms. The molecule has 5 nitrogen and oxygen atoms in total. The van der Waals surface area contributed by atoms with Crippen molar-refractivity contribution in [3.63, 3.8) is 0 Å². The van der Waals surface area contributed by atoms with Gasteiger partial charge in [0.15, 0.2) is 0 Å². The Morgan fingerprint density at radius 1 is 1.00 bits per heavy atom. The quantitative estimate of drug-likeness (QED) is 0.252. The number of rotatable bonds is 9. The van der Waals surface area contributed by atoms with Crippen molar-refractivity contribution in [1.82, 2.24) is 4.90 Å². The summed E-state index contributed by atoms with van der Waals surface area (Å²) in [4.78, 5) is 28.0. The summed E-state index contributed by atoms with van der Waals surface area (Å²) in [6, 6.07) is 17.6. The molecule has 2 fully saturated rings. The molecule has 2 aliphatic heterocycles. The minimum absolute atomic E-state index is 0.0105. The van der Waals surface area contributed by atoms with Crippen LogP contribution < -0.4 is 0 Å². The van der Waals surface area contributed by atoms with Crippen LogP contribution in [0.4, 0.5) is 0 Å². The number of hydrogen-bond donors (Lipinski definition) is 1. The molecule has 2 aromatic carbocycles. The van der Waals surface area contributed by atoms with E-state index in [9.17, 15) is 14.7 Å². The van der Waals surface area contributed by atoms with Gasteiger partial charge in [-0.15, -0.1) is 0 Å². The second-order valence-corrected chi connectivity index (χ2v) is 10.6. The number of hydrogen-bond acceptors (Lipinski definition) is 4. The average molecular weight is 500 g/mol. The highest BCUT2D eigenvalue weighted by molar-refractivity contribution is 6.06. The number of carbonyl (C=O) groups excluding carboxylic acids is 2. The van der Waals surface area contributed by atoms with Crippen LogP contribution in [0.15, 0.2) is 65.7 Å². The van der Waals surface area contributed by atoms with E-state index in [1.54, 1.807) is 12.1 Å². The van der Waals surface area contributed by atoms with Crippen LogP contribution in [-0.2, 0) is 14.3 Å². The number of benzene rings is 2. The lowest BCUT2D eigenvalue weighted by molar-refractivity contribution is -0.140. The molecule has 2 saturated heterocycles. The molecule has 2 aromatic rings. The molecule has 1 N–H and O–H groups in total. The molecule has 2 amide bonds. The van der Waals surface area contributed by atoms with Crippen LogP contribution in [0.1, 0.15) is 63.5 Å². The van der Waals surface area contributed by atoms with Gasteiger partial charge in [0.05, 0.1) is 24.5 Å². The fraction of sp³-hybridized carbons (Fsp3) is 0.438. The first-order chi connectivity index (χ1) is 18.0. The predicted octanol–water partition coefficient (Wildman–Crippen LogP) is 6.24. The van der Waals surface area contributed by atoms with Crippen molar-refractivity contribution in [3.8, 4) is 5.75 Å². The summed E-state index contributed by atoms with van der Waals surface area (Å²) in [5.74, 6) is -0.170. The lowest BCUT2D eigenvalue weighted by atomic mass is 9.68. The zero-order valence-electron chi connectivity index (χ0n) is 21.9. The zero-order valence-corrected chi connectivity index (χ0v) is 21.9. The minimum Gasteiger partial charge on any atom is -0.508 e. The van der Waals surface area contributed by atoms with Gasteiger partial charge in [-0.3, -0.25) is 14.5 Å². The molecule has 0 aromatic heterocycles. The van der Waals surface area contributed by atoms with Crippen molar-refractivity contribution < 1.29 is 19.4 Å². The second kappa shape index (κ2) is 11.1. The third kappa shape index (κ3) is 5.02. The number of nitrogens with zero attached hydrogens (tertiary/aromatic N) is 1. The van der Waals surface area contributed by atoms with Crippen molar-refractivity contribution in [3.05, 3.63) is 76.9 Å². The predicted molar refractivity (Wildman–Crippen MR) is 145 cm³/mol. The number of allylic oxidation sites excluding steroid dienone is 2. The van der Waals surface area contributed by atoms with Crippen molar-refractivity contribution in [2.24, 2.45) is 17.8 Å². The van der Waals surface area contributed by atoms with Crippen molar-refractivity contribution >= 4 is 23.5 Å². The van der Waals surface area contributed by atoms with Crippen molar-refractivity contribution in [2.75, 3.05) is 13.2 Å². The molecule has 0 spiro atoms. The van der Waals surface area contributed by atoms with Crippen LogP contribution >= 0.6 is 0 Å². The van der Waals surface area contributed by atoms with Gasteiger partial charge in [0.1, 0.15) is 5.75 Å². The van der Waals surface area contributed by atoms with Gasteiger partial charge in [0.25, 0.3) is 0 Å². The molecule has 2 heterocycles. The third-order valence-corrected chi connectivity index (χ3v) is 8.15. The van der Waals surface area contributed by atoms with Crippen molar-refractivity contribution in [2.45, 2.75) is 58.5 Å². The highest BCUT2D eigenvalue weighted by Gasteiger charge is 2.56. The fourth-order valence-corrected chi connectivity index (χ4v) is 6.53. The van der Waals surface area contributed by atoms with Gasteiger partial charge in [0, 0.05) is 12.5 Å². The van der Waals surface area contributed by atoms with Gasteiger partial charge in [-0.25, -0.2) is 0 Å². The molecule has 194 valence electrons. The van der Waals surface area contributed by atoms with Gasteiger partial charge in [-0.05, 0) is 66.5 Å². The van der Waals surface area contributed by atoms with Gasteiger partial charge in [-0.2, -0.15) is 0 Å².